The van der Waals surface area contributed by atoms with Gasteiger partial charge in [-0.2, -0.15) is 0 Å². The minimum absolute atomic E-state index is 0.162. The van der Waals surface area contributed by atoms with Crippen molar-refractivity contribution in [1.29, 1.82) is 0 Å². The Morgan fingerprint density at radius 1 is 1.25 bits per heavy atom. The number of rotatable bonds is 5. The van der Waals surface area contributed by atoms with Crippen LogP contribution in [0.3, 0.4) is 0 Å². The van der Waals surface area contributed by atoms with Crippen LogP contribution in [-0.2, 0) is 13.1 Å². The predicted octanol–water partition coefficient (Wildman–Crippen LogP) is 3.66. The molecule has 0 aliphatic rings. The first kappa shape index (κ1) is 14.9. The topological polar surface area (TPSA) is 28.2 Å². The molecule has 0 amide bonds. The highest BCUT2D eigenvalue weighted by Crippen LogP contribution is 2.16. The van der Waals surface area contributed by atoms with Crippen LogP contribution in [0, 0.1) is 5.82 Å². The summed E-state index contributed by atoms with van der Waals surface area (Å²) in [5.74, 6) is -0.162. The first-order chi connectivity index (χ1) is 9.54. The van der Waals surface area contributed by atoms with E-state index in [2.05, 4.69) is 26.2 Å². The van der Waals surface area contributed by atoms with Crippen molar-refractivity contribution >= 4 is 21.6 Å². The number of nitrogens with zero attached hydrogens (tertiary/aromatic N) is 2. The van der Waals surface area contributed by atoms with E-state index in [9.17, 15) is 4.39 Å². The lowest BCUT2D eigenvalue weighted by atomic mass is 10.1. The highest BCUT2D eigenvalue weighted by atomic mass is 79.9. The number of anilines is 1. The van der Waals surface area contributed by atoms with Crippen LogP contribution in [-0.4, -0.2) is 24.0 Å². The zero-order valence-electron chi connectivity index (χ0n) is 11.5. The summed E-state index contributed by atoms with van der Waals surface area (Å²) in [6, 6.07) is 7.30. The van der Waals surface area contributed by atoms with E-state index in [-0.39, 0.29) is 5.82 Å². The van der Waals surface area contributed by atoms with E-state index >= 15 is 0 Å². The van der Waals surface area contributed by atoms with Crippen molar-refractivity contribution in [3.8, 4) is 0 Å². The molecule has 106 valence electrons. The Balaban J connectivity index is 2.02. The van der Waals surface area contributed by atoms with E-state index in [1.807, 2.05) is 37.2 Å². The number of halogens is 2. The van der Waals surface area contributed by atoms with Crippen LogP contribution in [0.4, 0.5) is 10.1 Å². The van der Waals surface area contributed by atoms with Gasteiger partial charge in [0.25, 0.3) is 0 Å². The number of pyridine rings is 1. The second kappa shape index (κ2) is 6.81. The van der Waals surface area contributed by atoms with Crippen molar-refractivity contribution in [2.24, 2.45) is 0 Å². The van der Waals surface area contributed by atoms with Gasteiger partial charge in [0, 0.05) is 29.3 Å². The van der Waals surface area contributed by atoms with Crippen molar-refractivity contribution < 1.29 is 4.39 Å². The van der Waals surface area contributed by atoms with Gasteiger partial charge < -0.3 is 10.2 Å². The van der Waals surface area contributed by atoms with Crippen LogP contribution >= 0.6 is 15.9 Å². The molecule has 0 aliphatic carbocycles. The van der Waals surface area contributed by atoms with Crippen LogP contribution in [0.1, 0.15) is 11.1 Å². The minimum atomic E-state index is -0.162. The molecule has 0 fully saturated rings. The predicted molar refractivity (Wildman–Crippen MR) is 83.1 cm³/mol. The fraction of sp³-hybridized carbons (Fsp3) is 0.267. The summed E-state index contributed by atoms with van der Waals surface area (Å²) in [5, 5.41) is 3.22. The summed E-state index contributed by atoms with van der Waals surface area (Å²) in [6.07, 6.45) is 3.46. The summed E-state index contributed by atoms with van der Waals surface area (Å²) < 4.78 is 14.8. The normalized spacial score (nSPS) is 10.8. The fourth-order valence-electron chi connectivity index (χ4n) is 1.88. The standard InChI is InChI=1S/C15H17BrFN3/c1-20(2)10-12-4-3-11(5-15(12)17)7-19-14-6-13(16)8-18-9-14/h3-6,8-9,19H,7,10H2,1-2H3. The van der Waals surface area contributed by atoms with Gasteiger partial charge in [-0.15, -0.1) is 0 Å². The summed E-state index contributed by atoms with van der Waals surface area (Å²) in [5.41, 5.74) is 2.52. The largest absolute Gasteiger partial charge is 0.380 e. The van der Waals surface area contributed by atoms with E-state index in [0.717, 1.165) is 15.7 Å². The SMILES string of the molecule is CN(C)Cc1ccc(CNc2cncc(Br)c2)cc1F. The van der Waals surface area contributed by atoms with E-state index in [4.69, 9.17) is 0 Å². The Kier molecular flexibility index (Phi) is 5.09. The van der Waals surface area contributed by atoms with Crippen molar-refractivity contribution in [3.05, 3.63) is 58.1 Å². The van der Waals surface area contributed by atoms with Gasteiger partial charge in [-0.1, -0.05) is 12.1 Å². The Hall–Kier alpha value is -1.46. The third kappa shape index (κ3) is 4.28. The smallest absolute Gasteiger partial charge is 0.128 e. The van der Waals surface area contributed by atoms with Crippen LogP contribution < -0.4 is 5.32 Å². The Morgan fingerprint density at radius 3 is 2.70 bits per heavy atom. The number of hydrogen-bond acceptors (Lipinski definition) is 3. The van der Waals surface area contributed by atoms with Crippen LogP contribution in [0.25, 0.3) is 0 Å². The Labute approximate surface area is 127 Å². The lowest BCUT2D eigenvalue weighted by molar-refractivity contribution is 0.392. The maximum Gasteiger partial charge on any atom is 0.128 e. The van der Waals surface area contributed by atoms with E-state index in [1.54, 1.807) is 18.5 Å². The molecular weight excluding hydrogens is 321 g/mol. The zero-order chi connectivity index (χ0) is 14.5. The molecule has 0 radical (unpaired) electrons. The molecule has 5 heteroatoms. The van der Waals surface area contributed by atoms with Crippen molar-refractivity contribution in [3.63, 3.8) is 0 Å². The average molecular weight is 338 g/mol. The maximum atomic E-state index is 13.9. The van der Waals surface area contributed by atoms with Gasteiger partial charge in [0.2, 0.25) is 0 Å². The maximum absolute atomic E-state index is 13.9. The van der Waals surface area contributed by atoms with Crippen molar-refractivity contribution in [2.45, 2.75) is 13.1 Å². The zero-order valence-corrected chi connectivity index (χ0v) is 13.1. The fourth-order valence-corrected chi connectivity index (χ4v) is 2.25. The molecule has 0 saturated heterocycles. The van der Waals surface area contributed by atoms with Gasteiger partial charge in [0.1, 0.15) is 5.82 Å². The molecule has 1 N–H and O–H groups in total. The molecule has 0 spiro atoms. The third-order valence-electron chi connectivity index (χ3n) is 2.81. The molecule has 0 aliphatic heterocycles. The lowest BCUT2D eigenvalue weighted by Gasteiger charge is -2.12. The van der Waals surface area contributed by atoms with Gasteiger partial charge >= 0.3 is 0 Å². The lowest BCUT2D eigenvalue weighted by Crippen LogP contribution is -2.12. The minimum Gasteiger partial charge on any atom is -0.380 e. The van der Waals surface area contributed by atoms with Crippen LogP contribution in [0.2, 0.25) is 0 Å². The van der Waals surface area contributed by atoms with E-state index in [1.165, 1.54) is 0 Å². The van der Waals surface area contributed by atoms with Gasteiger partial charge in [-0.25, -0.2) is 4.39 Å². The second-order valence-corrected chi connectivity index (χ2v) is 5.82. The van der Waals surface area contributed by atoms with Gasteiger partial charge in [0.15, 0.2) is 0 Å². The van der Waals surface area contributed by atoms with Gasteiger partial charge in [-0.3, -0.25) is 4.98 Å². The van der Waals surface area contributed by atoms with Gasteiger partial charge in [-0.05, 0) is 47.7 Å². The van der Waals surface area contributed by atoms with Crippen molar-refractivity contribution in [2.75, 3.05) is 19.4 Å². The van der Waals surface area contributed by atoms with E-state index in [0.29, 0.717) is 18.7 Å². The summed E-state index contributed by atoms with van der Waals surface area (Å²) >= 11 is 3.37. The Bertz CT molecular complexity index is 587. The highest BCUT2D eigenvalue weighted by molar-refractivity contribution is 9.10. The molecule has 0 atom stereocenters. The number of benzene rings is 1. The van der Waals surface area contributed by atoms with Crippen LogP contribution in [0.15, 0.2) is 41.1 Å². The average Bonchev–Trinajstić information content (AvgIpc) is 2.39. The highest BCUT2D eigenvalue weighted by Gasteiger charge is 2.05. The van der Waals surface area contributed by atoms with Crippen molar-refractivity contribution in [1.82, 2.24) is 9.88 Å². The third-order valence-corrected chi connectivity index (χ3v) is 3.24. The Morgan fingerprint density at radius 2 is 2.05 bits per heavy atom. The molecule has 20 heavy (non-hydrogen) atoms. The molecule has 0 saturated carbocycles. The molecule has 1 aromatic heterocycles. The molecule has 3 nitrogen and oxygen atoms in total. The van der Waals surface area contributed by atoms with E-state index < -0.39 is 0 Å². The first-order valence-corrected chi connectivity index (χ1v) is 7.10. The second-order valence-electron chi connectivity index (χ2n) is 4.91. The van der Waals surface area contributed by atoms with Crippen LogP contribution in [0.5, 0.6) is 0 Å². The molecule has 2 aromatic rings. The number of nitrogens with one attached hydrogen (secondary N) is 1. The molecule has 0 unspecified atom stereocenters. The molecule has 1 heterocycles. The number of hydrogen-bond donors (Lipinski definition) is 1. The van der Waals surface area contributed by atoms with Gasteiger partial charge in [0.05, 0.1) is 11.9 Å². The molecule has 1 aromatic carbocycles. The molecule has 0 bridgehead atoms. The number of aromatic nitrogens is 1. The summed E-state index contributed by atoms with van der Waals surface area (Å²) in [6.45, 7) is 1.17. The summed E-state index contributed by atoms with van der Waals surface area (Å²) in [4.78, 5) is 6.02. The quantitative estimate of drug-likeness (QED) is 0.902. The molecular formula is C15H17BrFN3. The first-order valence-electron chi connectivity index (χ1n) is 6.31. The summed E-state index contributed by atoms with van der Waals surface area (Å²) in [7, 11) is 3.85. The monoisotopic (exact) mass is 337 g/mol. The molecule has 2 rings (SSSR count).